The van der Waals surface area contributed by atoms with Gasteiger partial charge in [0, 0.05) is 57.1 Å². The molecule has 1 unspecified atom stereocenters. The summed E-state index contributed by atoms with van der Waals surface area (Å²) in [7, 11) is 0. The van der Waals surface area contributed by atoms with E-state index >= 15 is 0 Å². The molecule has 0 spiro atoms. The van der Waals surface area contributed by atoms with Crippen LogP contribution in [0.25, 0.3) is 45.2 Å². The zero-order valence-electron chi connectivity index (χ0n) is 31.9. The molecule has 1 heterocycles. The molecule has 3 aliphatic rings. The second kappa shape index (κ2) is 14.0. The highest BCUT2D eigenvalue weighted by atomic mass is 16.5. The van der Waals surface area contributed by atoms with Crippen LogP contribution in [0.2, 0.25) is 0 Å². The molecule has 8 aromatic carbocycles. The number of anilines is 5. The molecule has 4 nitrogen and oxygen atoms in total. The lowest BCUT2D eigenvalue weighted by Gasteiger charge is -2.34. The zero-order valence-corrected chi connectivity index (χ0v) is 31.9. The van der Waals surface area contributed by atoms with E-state index in [2.05, 4.69) is 192 Å². The molecular formula is C54H40N2O2. The van der Waals surface area contributed by atoms with Crippen molar-refractivity contribution in [3.8, 4) is 39.5 Å². The van der Waals surface area contributed by atoms with Crippen LogP contribution in [-0.2, 0) is 12.8 Å². The summed E-state index contributed by atoms with van der Waals surface area (Å²) in [5, 5.41) is 14.0. The number of ether oxygens (including phenoxy) is 1. The first-order valence-corrected chi connectivity index (χ1v) is 20.1. The number of aromatic hydroxyl groups is 1. The second-order valence-electron chi connectivity index (χ2n) is 15.4. The number of para-hydroxylation sites is 2. The van der Waals surface area contributed by atoms with Crippen LogP contribution in [0.15, 0.2) is 182 Å². The number of hydrogen-bond donors (Lipinski definition) is 1. The van der Waals surface area contributed by atoms with E-state index < -0.39 is 0 Å². The van der Waals surface area contributed by atoms with Gasteiger partial charge in [0.15, 0.2) is 0 Å². The Morgan fingerprint density at radius 2 is 1.24 bits per heavy atom. The summed E-state index contributed by atoms with van der Waals surface area (Å²) in [6, 6.07) is 59.7. The molecule has 1 aliphatic heterocycles. The predicted molar refractivity (Wildman–Crippen MR) is 240 cm³/mol. The normalized spacial score (nSPS) is 14.6. The van der Waals surface area contributed by atoms with E-state index in [0.29, 0.717) is 0 Å². The number of rotatable bonds is 7. The molecule has 0 aromatic heterocycles. The molecule has 0 saturated heterocycles. The predicted octanol–water partition coefficient (Wildman–Crippen LogP) is 14.2. The fraction of sp³-hybridized carbons (Fsp3) is 0.0741. The molecule has 11 rings (SSSR count). The van der Waals surface area contributed by atoms with Gasteiger partial charge in [-0.3, -0.25) is 0 Å². The summed E-state index contributed by atoms with van der Waals surface area (Å²) in [5.41, 5.74) is 14.4. The number of allylic oxidation sites excluding steroid dienone is 1. The van der Waals surface area contributed by atoms with Crippen LogP contribution in [0.3, 0.4) is 0 Å². The Hall–Kier alpha value is -7.30. The van der Waals surface area contributed by atoms with Gasteiger partial charge in [0.05, 0.1) is 6.04 Å². The van der Waals surface area contributed by atoms with Crippen molar-refractivity contribution in [1.82, 2.24) is 0 Å². The number of fused-ring (bicyclic) bond motifs is 4. The minimum Gasteiger partial charge on any atom is -0.507 e. The van der Waals surface area contributed by atoms with Crippen molar-refractivity contribution in [2.45, 2.75) is 25.3 Å². The number of hydrogen-bond acceptors (Lipinski definition) is 4. The van der Waals surface area contributed by atoms with Gasteiger partial charge in [0.2, 0.25) is 0 Å². The average Bonchev–Trinajstić information content (AvgIpc) is 3.28. The fourth-order valence-corrected chi connectivity index (χ4v) is 9.16. The van der Waals surface area contributed by atoms with Gasteiger partial charge >= 0.3 is 0 Å². The van der Waals surface area contributed by atoms with Crippen LogP contribution in [-0.4, -0.2) is 11.1 Å². The molecule has 0 amide bonds. The Bertz CT molecular complexity index is 2930. The van der Waals surface area contributed by atoms with E-state index in [4.69, 9.17) is 4.74 Å². The summed E-state index contributed by atoms with van der Waals surface area (Å²) < 4.78 is 6.80. The SMILES string of the molecule is Oc1cc(N(c2ccccc2)C2C=Cc3ccccc3C2)ccc1-c1ccc2c3c(cccc13)-c1ccc(N(c3ccccc3)c3ccc4c(c3)C=CCC4)cc1O2. The summed E-state index contributed by atoms with van der Waals surface area (Å²) in [4.78, 5) is 4.63. The Kier molecular flexibility index (Phi) is 8.21. The molecule has 1 atom stereocenters. The van der Waals surface area contributed by atoms with Crippen molar-refractivity contribution in [3.05, 3.63) is 204 Å². The van der Waals surface area contributed by atoms with Gasteiger partial charge in [-0.25, -0.2) is 0 Å². The highest BCUT2D eigenvalue weighted by molar-refractivity contribution is 6.10. The molecule has 0 fully saturated rings. The van der Waals surface area contributed by atoms with Crippen LogP contribution in [0.1, 0.15) is 28.7 Å². The zero-order chi connectivity index (χ0) is 38.6. The van der Waals surface area contributed by atoms with Gasteiger partial charge in [0.25, 0.3) is 0 Å². The third kappa shape index (κ3) is 5.84. The third-order valence-electron chi connectivity index (χ3n) is 11.9. The largest absolute Gasteiger partial charge is 0.507 e. The quantitative estimate of drug-likeness (QED) is 0.176. The summed E-state index contributed by atoms with van der Waals surface area (Å²) in [6.07, 6.45) is 12.0. The van der Waals surface area contributed by atoms with Crippen LogP contribution in [0, 0.1) is 0 Å². The van der Waals surface area contributed by atoms with E-state index in [1.165, 1.54) is 22.3 Å². The average molecular weight is 749 g/mol. The lowest BCUT2D eigenvalue weighted by atomic mass is 9.89. The van der Waals surface area contributed by atoms with Gasteiger partial charge in [-0.05, 0) is 131 Å². The van der Waals surface area contributed by atoms with E-state index in [1.807, 2.05) is 12.1 Å². The molecule has 0 bridgehead atoms. The lowest BCUT2D eigenvalue weighted by Crippen LogP contribution is -2.32. The van der Waals surface area contributed by atoms with E-state index in [9.17, 15) is 5.11 Å². The summed E-state index contributed by atoms with van der Waals surface area (Å²) in [6.45, 7) is 0. The van der Waals surface area contributed by atoms with Gasteiger partial charge < -0.3 is 19.6 Å². The standard InChI is InChI=1S/C54H40N2O2/c57-51-34-44(55(40-16-3-1-4-17-40)42-24-22-36-12-7-9-14-38(36)32-42)26-28-47(51)46-30-31-52-54-49(46)20-11-21-50(54)48-29-27-45(35-53(48)58-52)56(41-18-5-2-6-19-41)43-25-23-37-13-8-10-15-39(37)33-43/h1-7,9-12,14-31,33-35,42,57H,8,13,32H2. The highest BCUT2D eigenvalue weighted by Crippen LogP contribution is 2.51. The van der Waals surface area contributed by atoms with Crippen molar-refractivity contribution in [2.24, 2.45) is 0 Å². The van der Waals surface area contributed by atoms with Gasteiger partial charge in [0.1, 0.15) is 17.2 Å². The first kappa shape index (κ1) is 34.0. The fourth-order valence-electron chi connectivity index (χ4n) is 9.16. The van der Waals surface area contributed by atoms with Crippen LogP contribution in [0.5, 0.6) is 17.2 Å². The molecule has 0 saturated carbocycles. The van der Waals surface area contributed by atoms with Crippen molar-refractivity contribution in [3.63, 3.8) is 0 Å². The Balaban J connectivity index is 0.965. The topological polar surface area (TPSA) is 35.9 Å². The number of phenols is 1. The van der Waals surface area contributed by atoms with Crippen molar-refractivity contribution < 1.29 is 9.84 Å². The number of nitrogens with zero attached hydrogens (tertiary/aromatic N) is 2. The smallest absolute Gasteiger partial charge is 0.137 e. The van der Waals surface area contributed by atoms with Crippen LogP contribution >= 0.6 is 0 Å². The maximum Gasteiger partial charge on any atom is 0.137 e. The molecule has 1 N–H and O–H groups in total. The molecule has 2 aliphatic carbocycles. The molecule has 58 heavy (non-hydrogen) atoms. The first-order chi connectivity index (χ1) is 28.7. The Labute approximate surface area is 338 Å². The Morgan fingerprint density at radius 3 is 2.10 bits per heavy atom. The molecule has 4 heteroatoms. The molecule has 278 valence electrons. The van der Waals surface area contributed by atoms with E-state index in [0.717, 1.165) is 92.2 Å². The van der Waals surface area contributed by atoms with E-state index in [1.54, 1.807) is 0 Å². The maximum atomic E-state index is 11.9. The first-order valence-electron chi connectivity index (χ1n) is 20.1. The van der Waals surface area contributed by atoms with Crippen molar-refractivity contribution >= 4 is 51.4 Å². The molecule has 8 aromatic rings. The lowest BCUT2D eigenvalue weighted by molar-refractivity contribution is 0.477. The second-order valence-corrected chi connectivity index (χ2v) is 15.4. The number of aryl methyl sites for hydroxylation is 1. The number of phenolic OH excluding ortho intramolecular Hbond substituents is 1. The molecular weight excluding hydrogens is 709 g/mol. The molecule has 0 radical (unpaired) electrons. The minimum absolute atomic E-state index is 0.0933. The van der Waals surface area contributed by atoms with E-state index in [-0.39, 0.29) is 11.8 Å². The summed E-state index contributed by atoms with van der Waals surface area (Å²) in [5.74, 6) is 1.86. The maximum absolute atomic E-state index is 11.9. The third-order valence-corrected chi connectivity index (χ3v) is 11.9. The van der Waals surface area contributed by atoms with Gasteiger partial charge in [-0.15, -0.1) is 0 Å². The van der Waals surface area contributed by atoms with Gasteiger partial charge in [-0.1, -0.05) is 109 Å². The van der Waals surface area contributed by atoms with Crippen LogP contribution < -0.4 is 14.5 Å². The Morgan fingerprint density at radius 1 is 0.500 bits per heavy atom. The summed E-state index contributed by atoms with van der Waals surface area (Å²) >= 11 is 0. The number of benzene rings is 8. The minimum atomic E-state index is 0.0933. The highest BCUT2D eigenvalue weighted by Gasteiger charge is 2.26. The monoisotopic (exact) mass is 748 g/mol. The van der Waals surface area contributed by atoms with Crippen LogP contribution in [0.4, 0.5) is 28.4 Å². The van der Waals surface area contributed by atoms with Gasteiger partial charge in [-0.2, -0.15) is 0 Å². The van der Waals surface area contributed by atoms with Crippen molar-refractivity contribution in [2.75, 3.05) is 9.80 Å². The van der Waals surface area contributed by atoms with Crippen molar-refractivity contribution in [1.29, 1.82) is 0 Å².